The molecular formula is C10H19NO. The first-order chi connectivity index (χ1) is 5.74. The minimum atomic E-state index is 0.307. The van der Waals surface area contributed by atoms with Crippen molar-refractivity contribution in [2.75, 3.05) is 7.05 Å². The first-order valence-corrected chi connectivity index (χ1v) is 4.90. The Morgan fingerprint density at radius 2 is 2.08 bits per heavy atom. The van der Waals surface area contributed by atoms with Crippen molar-refractivity contribution in [3.8, 4) is 0 Å². The molecule has 70 valence electrons. The van der Waals surface area contributed by atoms with Crippen molar-refractivity contribution in [2.45, 2.75) is 45.1 Å². The van der Waals surface area contributed by atoms with Crippen LogP contribution in [0.15, 0.2) is 0 Å². The van der Waals surface area contributed by atoms with Crippen molar-refractivity contribution in [2.24, 2.45) is 5.92 Å². The number of rotatable bonds is 4. The third-order valence-corrected chi connectivity index (χ3v) is 2.85. The molecule has 1 fully saturated rings. The number of nitrogens with one attached hydrogen (secondary N) is 1. The predicted molar refractivity (Wildman–Crippen MR) is 50.1 cm³/mol. The molecule has 0 saturated heterocycles. The van der Waals surface area contributed by atoms with E-state index in [4.69, 9.17) is 0 Å². The van der Waals surface area contributed by atoms with Crippen LogP contribution in [0.4, 0.5) is 0 Å². The van der Waals surface area contributed by atoms with E-state index in [9.17, 15) is 4.79 Å². The van der Waals surface area contributed by atoms with Gasteiger partial charge >= 0.3 is 0 Å². The standard InChI is InChI=1S/C10H19NO/c1-8(12)7-10(11-2)9-5-3-4-6-9/h9-11H,3-7H2,1-2H3/t10-/m1/s1. The van der Waals surface area contributed by atoms with Crippen LogP contribution in [-0.2, 0) is 4.79 Å². The van der Waals surface area contributed by atoms with Gasteiger partial charge in [-0.3, -0.25) is 4.79 Å². The Morgan fingerprint density at radius 3 is 2.50 bits per heavy atom. The molecule has 0 unspecified atom stereocenters. The van der Waals surface area contributed by atoms with Crippen molar-refractivity contribution in [3.63, 3.8) is 0 Å². The summed E-state index contributed by atoms with van der Waals surface area (Å²) in [5.74, 6) is 1.06. The highest BCUT2D eigenvalue weighted by molar-refractivity contribution is 5.76. The minimum absolute atomic E-state index is 0.307. The predicted octanol–water partition coefficient (Wildman–Crippen LogP) is 1.74. The largest absolute Gasteiger partial charge is 0.316 e. The van der Waals surface area contributed by atoms with E-state index in [1.807, 2.05) is 7.05 Å². The lowest BCUT2D eigenvalue weighted by atomic mass is 9.94. The Balaban J connectivity index is 2.37. The molecule has 1 aliphatic rings. The summed E-state index contributed by atoms with van der Waals surface area (Å²) in [5.41, 5.74) is 0. The van der Waals surface area contributed by atoms with Crippen LogP contribution in [-0.4, -0.2) is 18.9 Å². The van der Waals surface area contributed by atoms with Gasteiger partial charge in [0.15, 0.2) is 0 Å². The van der Waals surface area contributed by atoms with Crippen LogP contribution in [0.2, 0.25) is 0 Å². The fourth-order valence-electron chi connectivity index (χ4n) is 2.17. The number of ketones is 1. The Hall–Kier alpha value is -0.370. The molecule has 0 bridgehead atoms. The van der Waals surface area contributed by atoms with Gasteiger partial charge in [-0.1, -0.05) is 12.8 Å². The molecule has 1 aliphatic carbocycles. The Bertz CT molecular complexity index is 150. The maximum absolute atomic E-state index is 10.9. The topological polar surface area (TPSA) is 29.1 Å². The maximum atomic E-state index is 10.9. The van der Waals surface area contributed by atoms with Crippen molar-refractivity contribution >= 4 is 5.78 Å². The molecule has 0 aliphatic heterocycles. The summed E-state index contributed by atoms with van der Waals surface area (Å²) in [6.07, 6.45) is 6.01. The van der Waals surface area contributed by atoms with Gasteiger partial charge < -0.3 is 5.32 Å². The summed E-state index contributed by atoms with van der Waals surface area (Å²) in [5, 5.41) is 3.25. The van der Waals surface area contributed by atoms with Gasteiger partial charge in [-0.05, 0) is 32.7 Å². The molecular weight excluding hydrogens is 150 g/mol. The van der Waals surface area contributed by atoms with Crippen LogP contribution in [0.5, 0.6) is 0 Å². The van der Waals surface area contributed by atoms with Gasteiger partial charge in [-0.15, -0.1) is 0 Å². The normalized spacial score (nSPS) is 21.2. The van der Waals surface area contributed by atoms with Gasteiger partial charge in [0.2, 0.25) is 0 Å². The first kappa shape index (κ1) is 9.72. The van der Waals surface area contributed by atoms with Crippen LogP contribution in [0.25, 0.3) is 0 Å². The maximum Gasteiger partial charge on any atom is 0.131 e. The van der Waals surface area contributed by atoms with Crippen molar-refractivity contribution in [1.29, 1.82) is 0 Å². The van der Waals surface area contributed by atoms with E-state index in [1.54, 1.807) is 6.92 Å². The molecule has 0 amide bonds. The third kappa shape index (κ3) is 2.59. The second-order valence-corrected chi connectivity index (χ2v) is 3.85. The van der Waals surface area contributed by atoms with Crippen LogP contribution in [0.1, 0.15) is 39.0 Å². The van der Waals surface area contributed by atoms with Crippen LogP contribution in [0, 0.1) is 5.92 Å². The lowest BCUT2D eigenvalue weighted by Crippen LogP contribution is -2.33. The average Bonchev–Trinajstić information content (AvgIpc) is 2.51. The third-order valence-electron chi connectivity index (χ3n) is 2.85. The van der Waals surface area contributed by atoms with Gasteiger partial charge in [0.25, 0.3) is 0 Å². The monoisotopic (exact) mass is 169 g/mol. The molecule has 1 atom stereocenters. The Labute approximate surface area is 74.7 Å². The summed E-state index contributed by atoms with van der Waals surface area (Å²) in [6, 6.07) is 0.435. The summed E-state index contributed by atoms with van der Waals surface area (Å²) in [4.78, 5) is 10.9. The van der Waals surface area contributed by atoms with Gasteiger partial charge in [-0.25, -0.2) is 0 Å². The Morgan fingerprint density at radius 1 is 1.50 bits per heavy atom. The lowest BCUT2D eigenvalue weighted by molar-refractivity contribution is -0.117. The molecule has 0 spiro atoms. The highest BCUT2D eigenvalue weighted by atomic mass is 16.1. The van der Waals surface area contributed by atoms with E-state index in [0.29, 0.717) is 18.2 Å². The second kappa shape index (κ2) is 4.61. The number of hydrogen-bond donors (Lipinski definition) is 1. The zero-order valence-electron chi connectivity index (χ0n) is 8.10. The van der Waals surface area contributed by atoms with Gasteiger partial charge in [-0.2, -0.15) is 0 Å². The van der Waals surface area contributed by atoms with Crippen LogP contribution in [0.3, 0.4) is 0 Å². The molecule has 0 aromatic rings. The lowest BCUT2D eigenvalue weighted by Gasteiger charge is -2.21. The minimum Gasteiger partial charge on any atom is -0.316 e. The summed E-state index contributed by atoms with van der Waals surface area (Å²) >= 11 is 0. The van der Waals surface area contributed by atoms with E-state index < -0.39 is 0 Å². The quantitative estimate of drug-likeness (QED) is 0.694. The van der Waals surface area contributed by atoms with Crippen LogP contribution >= 0.6 is 0 Å². The fraction of sp³-hybridized carbons (Fsp3) is 0.900. The van der Waals surface area contributed by atoms with Crippen molar-refractivity contribution in [3.05, 3.63) is 0 Å². The summed E-state index contributed by atoms with van der Waals surface area (Å²) in [7, 11) is 1.96. The van der Waals surface area contributed by atoms with Crippen molar-refractivity contribution in [1.82, 2.24) is 5.32 Å². The molecule has 1 rings (SSSR count). The molecule has 0 aromatic heterocycles. The van der Waals surface area contributed by atoms with E-state index in [1.165, 1.54) is 25.7 Å². The van der Waals surface area contributed by atoms with Crippen molar-refractivity contribution < 1.29 is 4.79 Å². The molecule has 12 heavy (non-hydrogen) atoms. The highest BCUT2D eigenvalue weighted by Crippen LogP contribution is 2.28. The molecule has 2 nitrogen and oxygen atoms in total. The van der Waals surface area contributed by atoms with E-state index >= 15 is 0 Å². The SMILES string of the molecule is CN[C@H](CC(C)=O)C1CCCC1. The molecule has 0 heterocycles. The Kier molecular flexibility index (Phi) is 3.73. The average molecular weight is 169 g/mol. The van der Waals surface area contributed by atoms with E-state index in [0.717, 1.165) is 5.92 Å². The fourth-order valence-corrected chi connectivity index (χ4v) is 2.17. The van der Waals surface area contributed by atoms with Crippen LogP contribution < -0.4 is 5.32 Å². The molecule has 0 radical (unpaired) electrons. The first-order valence-electron chi connectivity index (χ1n) is 4.90. The van der Waals surface area contributed by atoms with E-state index in [-0.39, 0.29) is 0 Å². The van der Waals surface area contributed by atoms with Gasteiger partial charge in [0.05, 0.1) is 0 Å². The van der Waals surface area contributed by atoms with Gasteiger partial charge in [0.1, 0.15) is 5.78 Å². The number of carbonyl (C=O) groups is 1. The second-order valence-electron chi connectivity index (χ2n) is 3.85. The number of carbonyl (C=O) groups excluding carboxylic acids is 1. The van der Waals surface area contributed by atoms with E-state index in [2.05, 4.69) is 5.32 Å². The summed E-state index contributed by atoms with van der Waals surface area (Å²) < 4.78 is 0. The van der Waals surface area contributed by atoms with Gasteiger partial charge in [0, 0.05) is 12.5 Å². The zero-order chi connectivity index (χ0) is 8.97. The molecule has 1 saturated carbocycles. The summed E-state index contributed by atoms with van der Waals surface area (Å²) in [6.45, 7) is 1.68. The highest BCUT2D eigenvalue weighted by Gasteiger charge is 2.24. The number of hydrogen-bond acceptors (Lipinski definition) is 2. The molecule has 2 heteroatoms. The molecule has 1 N–H and O–H groups in total. The molecule has 0 aromatic carbocycles. The zero-order valence-corrected chi connectivity index (χ0v) is 8.10. The smallest absolute Gasteiger partial charge is 0.131 e. The number of Topliss-reactive ketones (excluding diaryl/α,β-unsaturated/α-hetero) is 1.